The molecule has 2 aromatic carbocycles. The minimum Gasteiger partial charge on any atom is -0.406 e. The second-order valence-electron chi connectivity index (χ2n) is 7.00. The maximum atomic E-state index is 13.0. The van der Waals surface area contributed by atoms with Crippen molar-refractivity contribution in [2.75, 3.05) is 11.9 Å². The summed E-state index contributed by atoms with van der Waals surface area (Å²) < 4.78 is 40.4. The summed E-state index contributed by atoms with van der Waals surface area (Å²) >= 11 is 0. The SMILES string of the molecule is O=C(CN1C(=O)N[C@@]2(CCc3ccccc32)C1=O)Nc1ccc(OC(F)(F)F)cc1. The molecule has 7 nitrogen and oxygen atoms in total. The van der Waals surface area contributed by atoms with E-state index in [1.165, 1.54) is 12.1 Å². The molecule has 10 heteroatoms. The summed E-state index contributed by atoms with van der Waals surface area (Å²) in [5.74, 6) is -1.59. The number of hydrogen-bond acceptors (Lipinski definition) is 4. The van der Waals surface area contributed by atoms with E-state index < -0.39 is 42.0 Å². The first-order valence-corrected chi connectivity index (χ1v) is 9.06. The number of carbonyl (C=O) groups is 3. The number of nitrogens with zero attached hydrogens (tertiary/aromatic N) is 1. The highest BCUT2D eigenvalue weighted by Gasteiger charge is 2.55. The third kappa shape index (κ3) is 3.56. The first kappa shape index (κ1) is 19.7. The maximum absolute atomic E-state index is 13.0. The molecule has 1 aliphatic heterocycles. The van der Waals surface area contributed by atoms with Gasteiger partial charge in [0.05, 0.1) is 0 Å². The number of hydrogen-bond donors (Lipinski definition) is 2. The van der Waals surface area contributed by atoms with Crippen LogP contribution in [0, 0.1) is 0 Å². The van der Waals surface area contributed by atoms with Crippen molar-refractivity contribution < 1.29 is 32.3 Å². The van der Waals surface area contributed by atoms with Crippen LogP contribution in [0.3, 0.4) is 0 Å². The highest BCUT2D eigenvalue weighted by molar-refractivity contribution is 6.10. The lowest BCUT2D eigenvalue weighted by molar-refractivity contribution is -0.274. The molecule has 0 unspecified atom stereocenters. The molecule has 4 amide bonds. The quantitative estimate of drug-likeness (QED) is 0.746. The highest BCUT2D eigenvalue weighted by Crippen LogP contribution is 2.41. The first-order chi connectivity index (χ1) is 14.2. The summed E-state index contributed by atoms with van der Waals surface area (Å²) in [7, 11) is 0. The molecular formula is C20H16F3N3O4. The molecule has 1 saturated heterocycles. The third-order valence-corrected chi connectivity index (χ3v) is 5.10. The van der Waals surface area contributed by atoms with Gasteiger partial charge in [-0.25, -0.2) is 4.79 Å². The highest BCUT2D eigenvalue weighted by atomic mass is 19.4. The van der Waals surface area contributed by atoms with E-state index in [0.717, 1.165) is 28.2 Å². The molecule has 0 saturated carbocycles. The number of alkyl halides is 3. The molecule has 2 aliphatic rings. The van der Waals surface area contributed by atoms with Crippen LogP contribution in [0.4, 0.5) is 23.7 Å². The van der Waals surface area contributed by atoms with Gasteiger partial charge in [-0.3, -0.25) is 14.5 Å². The topological polar surface area (TPSA) is 87.7 Å². The fourth-order valence-electron chi connectivity index (χ4n) is 3.82. The molecule has 1 heterocycles. The Balaban J connectivity index is 1.43. The molecule has 156 valence electrons. The molecule has 2 N–H and O–H groups in total. The maximum Gasteiger partial charge on any atom is 0.573 e. The Morgan fingerprint density at radius 1 is 1.13 bits per heavy atom. The number of nitrogens with one attached hydrogen (secondary N) is 2. The fourth-order valence-corrected chi connectivity index (χ4v) is 3.82. The number of rotatable bonds is 4. The van der Waals surface area contributed by atoms with E-state index >= 15 is 0 Å². The predicted molar refractivity (Wildman–Crippen MR) is 98.4 cm³/mol. The molecule has 4 rings (SSSR count). The van der Waals surface area contributed by atoms with Gasteiger partial charge in [0.25, 0.3) is 5.91 Å². The van der Waals surface area contributed by atoms with E-state index in [-0.39, 0.29) is 5.69 Å². The van der Waals surface area contributed by atoms with Crippen molar-refractivity contribution in [3.8, 4) is 5.75 Å². The van der Waals surface area contributed by atoms with Gasteiger partial charge in [-0.05, 0) is 48.2 Å². The van der Waals surface area contributed by atoms with E-state index in [2.05, 4.69) is 15.4 Å². The summed E-state index contributed by atoms with van der Waals surface area (Å²) in [5.41, 5.74) is 0.734. The fraction of sp³-hybridized carbons (Fsp3) is 0.250. The molecule has 0 aromatic heterocycles. The zero-order chi connectivity index (χ0) is 21.5. The number of imide groups is 1. The number of amides is 4. The lowest BCUT2D eigenvalue weighted by atomic mass is 9.92. The number of fused-ring (bicyclic) bond motifs is 2. The Kier molecular flexibility index (Phi) is 4.64. The summed E-state index contributed by atoms with van der Waals surface area (Å²) in [6, 6.07) is 11.2. The minimum atomic E-state index is -4.82. The van der Waals surface area contributed by atoms with E-state index in [4.69, 9.17) is 0 Å². The normalized spacial score (nSPS) is 20.3. The van der Waals surface area contributed by atoms with Gasteiger partial charge in [-0.2, -0.15) is 0 Å². The van der Waals surface area contributed by atoms with Gasteiger partial charge in [-0.15, -0.1) is 13.2 Å². The minimum absolute atomic E-state index is 0.197. The van der Waals surface area contributed by atoms with Gasteiger partial charge in [0.2, 0.25) is 5.91 Å². The lowest BCUT2D eigenvalue weighted by Gasteiger charge is -2.22. The summed E-state index contributed by atoms with van der Waals surface area (Å²) in [6.07, 6.45) is -3.77. The Morgan fingerprint density at radius 3 is 2.53 bits per heavy atom. The Bertz CT molecular complexity index is 1020. The van der Waals surface area contributed by atoms with Gasteiger partial charge in [-0.1, -0.05) is 24.3 Å². The third-order valence-electron chi connectivity index (χ3n) is 5.10. The van der Waals surface area contributed by atoms with Crippen molar-refractivity contribution in [2.45, 2.75) is 24.7 Å². The van der Waals surface area contributed by atoms with Crippen LogP contribution in [0.1, 0.15) is 17.5 Å². The molecule has 30 heavy (non-hydrogen) atoms. The van der Waals surface area contributed by atoms with Crippen molar-refractivity contribution >= 4 is 23.5 Å². The number of urea groups is 1. The van der Waals surface area contributed by atoms with Crippen LogP contribution < -0.4 is 15.4 Å². The standard InChI is InChI=1S/C20H16F3N3O4/c21-20(22,23)30-14-7-5-13(6-8-14)24-16(27)11-26-17(28)19(25-18(26)29)10-9-12-3-1-2-4-15(12)19/h1-8H,9-11H2,(H,24,27)(H,25,29)/t19-/m1/s1. The Hall–Kier alpha value is -3.56. The van der Waals surface area contributed by atoms with Gasteiger partial charge in [0.1, 0.15) is 17.8 Å². The summed E-state index contributed by atoms with van der Waals surface area (Å²) in [6.45, 7) is -0.518. The molecular weight excluding hydrogens is 403 g/mol. The number of aryl methyl sites for hydroxylation is 1. The van der Waals surface area contributed by atoms with Crippen molar-refractivity contribution in [2.24, 2.45) is 0 Å². The van der Waals surface area contributed by atoms with Crippen LogP contribution in [0.15, 0.2) is 48.5 Å². The molecule has 1 fully saturated rings. The monoisotopic (exact) mass is 419 g/mol. The zero-order valence-corrected chi connectivity index (χ0v) is 15.5. The number of anilines is 1. The van der Waals surface area contributed by atoms with Crippen molar-refractivity contribution in [1.29, 1.82) is 0 Å². The Labute approximate surface area is 168 Å². The predicted octanol–water partition coefficient (Wildman–Crippen LogP) is 2.92. The van der Waals surface area contributed by atoms with Crippen LogP contribution in [-0.4, -0.2) is 35.7 Å². The van der Waals surface area contributed by atoms with E-state index in [1.54, 1.807) is 12.1 Å². The van der Waals surface area contributed by atoms with Gasteiger partial charge in [0, 0.05) is 5.69 Å². The molecule has 1 aliphatic carbocycles. The summed E-state index contributed by atoms with van der Waals surface area (Å²) in [4.78, 5) is 38.6. The number of benzene rings is 2. The van der Waals surface area contributed by atoms with Gasteiger partial charge >= 0.3 is 12.4 Å². The van der Waals surface area contributed by atoms with E-state index in [9.17, 15) is 27.6 Å². The van der Waals surface area contributed by atoms with Crippen LogP contribution in [0.5, 0.6) is 5.75 Å². The molecule has 1 atom stereocenters. The van der Waals surface area contributed by atoms with Crippen LogP contribution >= 0.6 is 0 Å². The second-order valence-corrected chi connectivity index (χ2v) is 7.00. The largest absolute Gasteiger partial charge is 0.573 e. The smallest absolute Gasteiger partial charge is 0.406 e. The second kappa shape index (κ2) is 7.05. The molecule has 0 radical (unpaired) electrons. The average Bonchev–Trinajstić information content (AvgIpc) is 3.16. The van der Waals surface area contributed by atoms with E-state index in [1.807, 2.05) is 12.1 Å². The van der Waals surface area contributed by atoms with E-state index in [0.29, 0.717) is 12.8 Å². The lowest BCUT2D eigenvalue weighted by Crippen LogP contribution is -2.42. The number of ether oxygens (including phenoxy) is 1. The van der Waals surface area contributed by atoms with Crippen LogP contribution in [0.25, 0.3) is 0 Å². The average molecular weight is 419 g/mol. The van der Waals surface area contributed by atoms with Crippen LogP contribution in [0.2, 0.25) is 0 Å². The number of halogens is 3. The van der Waals surface area contributed by atoms with Gasteiger partial charge < -0.3 is 15.4 Å². The van der Waals surface area contributed by atoms with Gasteiger partial charge in [0.15, 0.2) is 0 Å². The van der Waals surface area contributed by atoms with Crippen molar-refractivity contribution in [3.05, 3.63) is 59.7 Å². The zero-order valence-electron chi connectivity index (χ0n) is 15.5. The molecule has 1 spiro atoms. The number of carbonyl (C=O) groups excluding carboxylic acids is 3. The van der Waals surface area contributed by atoms with Crippen molar-refractivity contribution in [3.63, 3.8) is 0 Å². The first-order valence-electron chi connectivity index (χ1n) is 9.06. The van der Waals surface area contributed by atoms with Crippen LogP contribution in [-0.2, 0) is 21.5 Å². The molecule has 2 aromatic rings. The Morgan fingerprint density at radius 2 is 1.83 bits per heavy atom. The van der Waals surface area contributed by atoms with Crippen molar-refractivity contribution in [1.82, 2.24) is 10.2 Å². The summed E-state index contributed by atoms with van der Waals surface area (Å²) in [5, 5.41) is 5.17. The molecule has 0 bridgehead atoms.